The summed E-state index contributed by atoms with van der Waals surface area (Å²) < 4.78 is 44.0. The highest BCUT2D eigenvalue weighted by Gasteiger charge is 2.31. The van der Waals surface area contributed by atoms with Crippen molar-refractivity contribution in [2.24, 2.45) is 0 Å². The maximum absolute atomic E-state index is 13.0. The van der Waals surface area contributed by atoms with E-state index >= 15 is 0 Å². The molecule has 2 atom stereocenters. The zero-order chi connectivity index (χ0) is 19.2. The lowest BCUT2D eigenvalue weighted by Gasteiger charge is -2.29. The average molecular weight is 372 g/mol. The summed E-state index contributed by atoms with van der Waals surface area (Å²) in [5, 5.41) is 2.86. The first-order valence-electron chi connectivity index (χ1n) is 9.03. The van der Waals surface area contributed by atoms with Crippen LogP contribution in [0, 0.1) is 0 Å². The fourth-order valence-electron chi connectivity index (χ4n) is 3.26. The van der Waals surface area contributed by atoms with Gasteiger partial charge in [-0.2, -0.15) is 13.2 Å². The molecule has 0 bridgehead atoms. The molecular formula is C19H27F3N2O2. The number of carbonyl (C=O) groups excluding carboxylic acids is 1. The van der Waals surface area contributed by atoms with Gasteiger partial charge in [-0.3, -0.25) is 9.69 Å². The molecule has 1 fully saturated rings. The number of ether oxygens (including phenoxy) is 1. The Morgan fingerprint density at radius 3 is 2.46 bits per heavy atom. The number of likely N-dealkylation sites (tertiary alicyclic amines) is 1. The number of nitrogens with zero attached hydrogens (tertiary/aromatic N) is 1. The van der Waals surface area contributed by atoms with Crippen LogP contribution in [0.1, 0.15) is 49.8 Å². The van der Waals surface area contributed by atoms with E-state index in [-0.39, 0.29) is 18.6 Å². The maximum Gasteiger partial charge on any atom is 0.416 e. The van der Waals surface area contributed by atoms with Crippen LogP contribution in [0.5, 0.6) is 0 Å². The first kappa shape index (κ1) is 20.7. The molecule has 1 aromatic rings. The molecule has 1 aliphatic rings. The zero-order valence-corrected chi connectivity index (χ0v) is 15.3. The minimum Gasteiger partial charge on any atom is -0.382 e. The third-order valence-electron chi connectivity index (χ3n) is 4.83. The molecule has 1 aromatic carbocycles. The van der Waals surface area contributed by atoms with Crippen LogP contribution in [0.25, 0.3) is 0 Å². The number of alkyl halides is 3. The van der Waals surface area contributed by atoms with Crippen molar-refractivity contribution in [2.45, 2.75) is 50.9 Å². The van der Waals surface area contributed by atoms with Gasteiger partial charge in [0.2, 0.25) is 5.91 Å². The van der Waals surface area contributed by atoms with Gasteiger partial charge in [-0.05, 0) is 50.6 Å². The van der Waals surface area contributed by atoms with Crippen LogP contribution in [-0.4, -0.2) is 43.7 Å². The molecule has 2 rings (SSSR count). The molecule has 0 saturated carbocycles. The first-order valence-corrected chi connectivity index (χ1v) is 9.03. The quantitative estimate of drug-likeness (QED) is 0.826. The molecule has 1 heterocycles. The number of rotatable bonds is 6. The van der Waals surface area contributed by atoms with Gasteiger partial charge in [0.25, 0.3) is 0 Å². The van der Waals surface area contributed by atoms with Gasteiger partial charge >= 0.3 is 6.18 Å². The number of hydrogen-bond acceptors (Lipinski definition) is 3. The molecule has 4 nitrogen and oxygen atoms in total. The van der Waals surface area contributed by atoms with Gasteiger partial charge in [0.05, 0.1) is 24.3 Å². The van der Waals surface area contributed by atoms with Gasteiger partial charge < -0.3 is 10.1 Å². The number of carbonyl (C=O) groups is 1. The molecular weight excluding hydrogens is 345 g/mol. The molecule has 0 aromatic heterocycles. The lowest BCUT2D eigenvalue weighted by atomic mass is 10.0. The SMILES string of the molecule is COCC(NC(=O)C(C)N1CCCCCC1)c1cccc(C(F)(F)F)c1. The predicted octanol–water partition coefficient (Wildman–Crippen LogP) is 3.77. The predicted molar refractivity (Wildman–Crippen MR) is 93.7 cm³/mol. The number of hydrogen-bond donors (Lipinski definition) is 1. The lowest BCUT2D eigenvalue weighted by Crippen LogP contribution is -2.47. The van der Waals surface area contributed by atoms with Crippen LogP contribution in [0.4, 0.5) is 13.2 Å². The summed E-state index contributed by atoms with van der Waals surface area (Å²) in [4.78, 5) is 14.8. The molecule has 0 spiro atoms. The van der Waals surface area contributed by atoms with E-state index in [1.807, 2.05) is 6.92 Å². The highest BCUT2D eigenvalue weighted by molar-refractivity contribution is 5.81. The zero-order valence-electron chi connectivity index (χ0n) is 15.3. The molecule has 7 heteroatoms. The Hall–Kier alpha value is -1.60. The van der Waals surface area contributed by atoms with Gasteiger partial charge in [0, 0.05) is 7.11 Å². The van der Waals surface area contributed by atoms with E-state index in [9.17, 15) is 18.0 Å². The summed E-state index contributed by atoms with van der Waals surface area (Å²) >= 11 is 0. The molecule has 1 amide bonds. The van der Waals surface area contributed by atoms with Gasteiger partial charge in [-0.25, -0.2) is 0 Å². The normalized spacial score (nSPS) is 18.8. The Kier molecular flexibility index (Phi) is 7.46. The summed E-state index contributed by atoms with van der Waals surface area (Å²) in [5.41, 5.74) is -0.344. The Bertz CT molecular complexity index is 584. The standard InChI is InChI=1S/C19H27F3N2O2/c1-14(24-10-5-3-4-6-11-24)18(25)23-17(13-26-2)15-8-7-9-16(12-15)19(20,21)22/h7-9,12,14,17H,3-6,10-11,13H2,1-2H3,(H,23,25). The molecule has 1 saturated heterocycles. The number of benzene rings is 1. The van der Waals surface area contributed by atoms with Gasteiger partial charge in [-0.1, -0.05) is 25.0 Å². The molecule has 0 radical (unpaired) electrons. The largest absolute Gasteiger partial charge is 0.416 e. The third kappa shape index (κ3) is 5.71. The Morgan fingerprint density at radius 2 is 1.88 bits per heavy atom. The van der Waals surface area contributed by atoms with Crippen molar-refractivity contribution in [3.05, 3.63) is 35.4 Å². The second-order valence-corrected chi connectivity index (χ2v) is 6.77. The van der Waals surface area contributed by atoms with Crippen molar-refractivity contribution in [1.29, 1.82) is 0 Å². The molecule has 1 aliphatic heterocycles. The van der Waals surface area contributed by atoms with E-state index in [0.717, 1.165) is 38.1 Å². The topological polar surface area (TPSA) is 41.6 Å². The summed E-state index contributed by atoms with van der Waals surface area (Å²) in [7, 11) is 1.46. The fraction of sp³-hybridized carbons (Fsp3) is 0.632. The van der Waals surface area contributed by atoms with Crippen LogP contribution in [-0.2, 0) is 15.7 Å². The molecule has 2 unspecified atom stereocenters. The molecule has 146 valence electrons. The summed E-state index contributed by atoms with van der Waals surface area (Å²) in [6.45, 7) is 3.69. The number of halogens is 3. The second-order valence-electron chi connectivity index (χ2n) is 6.77. The van der Waals surface area contributed by atoms with Crippen LogP contribution in [0.2, 0.25) is 0 Å². The van der Waals surface area contributed by atoms with E-state index in [0.29, 0.717) is 5.56 Å². The van der Waals surface area contributed by atoms with Crippen molar-refractivity contribution >= 4 is 5.91 Å². The number of nitrogens with one attached hydrogen (secondary N) is 1. The highest BCUT2D eigenvalue weighted by Crippen LogP contribution is 2.31. The monoisotopic (exact) mass is 372 g/mol. The van der Waals surface area contributed by atoms with Gasteiger partial charge in [0.1, 0.15) is 0 Å². The van der Waals surface area contributed by atoms with Gasteiger partial charge in [-0.15, -0.1) is 0 Å². The van der Waals surface area contributed by atoms with Crippen LogP contribution in [0.15, 0.2) is 24.3 Å². The molecule has 26 heavy (non-hydrogen) atoms. The highest BCUT2D eigenvalue weighted by atomic mass is 19.4. The first-order chi connectivity index (χ1) is 12.3. The van der Waals surface area contributed by atoms with E-state index < -0.39 is 17.8 Å². The number of amides is 1. The van der Waals surface area contributed by atoms with E-state index in [2.05, 4.69) is 10.2 Å². The third-order valence-corrected chi connectivity index (χ3v) is 4.83. The Labute approximate surface area is 152 Å². The molecule has 1 N–H and O–H groups in total. The minimum absolute atomic E-state index is 0.111. The second kappa shape index (κ2) is 9.37. The van der Waals surface area contributed by atoms with Crippen molar-refractivity contribution in [1.82, 2.24) is 10.2 Å². The smallest absolute Gasteiger partial charge is 0.382 e. The Morgan fingerprint density at radius 1 is 1.23 bits per heavy atom. The number of methoxy groups -OCH3 is 1. The maximum atomic E-state index is 13.0. The Balaban J connectivity index is 2.10. The summed E-state index contributed by atoms with van der Waals surface area (Å²) in [6.07, 6.45) is 0.0409. The van der Waals surface area contributed by atoms with Crippen LogP contribution >= 0.6 is 0 Å². The van der Waals surface area contributed by atoms with E-state index in [1.54, 1.807) is 6.07 Å². The fourth-order valence-corrected chi connectivity index (χ4v) is 3.26. The van der Waals surface area contributed by atoms with Crippen LogP contribution in [0.3, 0.4) is 0 Å². The van der Waals surface area contributed by atoms with Crippen molar-refractivity contribution < 1.29 is 22.7 Å². The van der Waals surface area contributed by atoms with Crippen LogP contribution < -0.4 is 5.32 Å². The average Bonchev–Trinajstić information content (AvgIpc) is 2.89. The van der Waals surface area contributed by atoms with Crippen molar-refractivity contribution in [2.75, 3.05) is 26.8 Å². The van der Waals surface area contributed by atoms with Crippen molar-refractivity contribution in [3.63, 3.8) is 0 Å². The van der Waals surface area contributed by atoms with E-state index in [1.165, 1.54) is 26.0 Å². The minimum atomic E-state index is -4.42. The van der Waals surface area contributed by atoms with Crippen molar-refractivity contribution in [3.8, 4) is 0 Å². The van der Waals surface area contributed by atoms with E-state index in [4.69, 9.17) is 4.74 Å². The summed E-state index contributed by atoms with van der Waals surface area (Å²) in [5.74, 6) is -0.189. The lowest BCUT2D eigenvalue weighted by molar-refractivity contribution is -0.137. The summed E-state index contributed by atoms with van der Waals surface area (Å²) in [6, 6.07) is 4.08. The molecule has 0 aliphatic carbocycles. The van der Waals surface area contributed by atoms with Gasteiger partial charge in [0.15, 0.2) is 0 Å².